The van der Waals surface area contributed by atoms with Crippen LogP contribution in [-0.2, 0) is 325 Å². The van der Waals surface area contributed by atoms with Crippen LogP contribution in [0.25, 0.3) is 0 Å². The third-order valence-electron chi connectivity index (χ3n) is 1.93. The Hall–Kier alpha value is -2.14. The van der Waals surface area contributed by atoms with Crippen LogP contribution >= 0.6 is 16.4 Å². The first-order valence-corrected chi connectivity index (χ1v) is 13.7. The van der Waals surface area contributed by atoms with Gasteiger partial charge >= 0.3 is 16.4 Å². The van der Waals surface area contributed by atoms with Crippen LogP contribution in [0.5, 0.6) is 0 Å². The highest BCUT2D eigenvalue weighted by Gasteiger charge is 2.09. The minimum absolute atomic E-state index is 2.87. The van der Waals surface area contributed by atoms with Crippen molar-refractivity contribution in [1.82, 2.24) is 0 Å². The van der Waals surface area contributed by atoms with Crippen LogP contribution in [0.2, 0.25) is 0 Å². The molecule has 69 heteroatoms. The van der Waals surface area contributed by atoms with Gasteiger partial charge in [0.15, 0.2) is 2.56 Å². The normalized spacial score (nSPS) is 14.0. The molecule has 416 valence electrons. The van der Waals surface area contributed by atoms with Crippen LogP contribution in [0.15, 0.2) is 0 Å². The summed E-state index contributed by atoms with van der Waals surface area (Å²) in [7, 11) is -10.2. The Morgan fingerprint density at radius 1 is 0.174 bits per heavy atom. The maximum atomic E-state index is 11.3. The van der Waals surface area contributed by atoms with E-state index in [0.717, 1.165) is 0 Å². The third kappa shape index (κ3) is 61.9. The molecular formula is H4O67P2. The zero-order valence-electron chi connectivity index (χ0n) is 30.3. The van der Waals surface area contributed by atoms with Gasteiger partial charge in [0.2, 0.25) is 0 Å². The highest BCUT2D eigenvalue weighted by molar-refractivity contribution is 7.33. The van der Waals surface area contributed by atoms with Crippen LogP contribution in [0, 0.1) is 0 Å². The van der Waals surface area contributed by atoms with Crippen molar-refractivity contribution in [3.8, 4) is 0 Å². The van der Waals surface area contributed by atoms with Gasteiger partial charge < -0.3 is 0 Å². The van der Waals surface area contributed by atoms with Gasteiger partial charge in [-0.3, -0.25) is 9.13 Å². The molecule has 0 rings (SSSR count). The van der Waals surface area contributed by atoms with Crippen LogP contribution in [0.3, 0.4) is 0 Å². The van der Waals surface area contributed by atoms with Crippen LogP contribution < -0.4 is 0 Å². The second kappa shape index (κ2) is 62.0. The van der Waals surface area contributed by atoms with E-state index in [-0.39, 0.29) is 0 Å². The molecule has 0 aliphatic rings. The van der Waals surface area contributed by atoms with E-state index in [1.165, 1.54) is 0 Å². The molecule has 0 fully saturated rings. The minimum Gasteiger partial charge on any atom is -0.258 e. The van der Waals surface area contributed by atoms with E-state index in [2.05, 4.69) is 316 Å². The predicted octanol–water partition coefficient (Wildman–Crippen LogP) is -3.34. The first-order chi connectivity index (χ1) is 34.8. The smallest absolute Gasteiger partial charge is 0.258 e. The Kier molecular flexibility index (Phi) is 56.6. The van der Waals surface area contributed by atoms with Gasteiger partial charge in [0.1, 0.15) is 0 Å². The molecule has 0 aromatic heterocycles. The van der Waals surface area contributed by atoms with Gasteiger partial charge in [0.25, 0.3) is 0 Å². The highest BCUT2D eigenvalue weighted by atomic mass is 31.1. The number of hydrogen-bond acceptors (Lipinski definition) is 67. The van der Waals surface area contributed by atoms with Gasteiger partial charge in [-0.15, -0.1) is 18.7 Å². The Morgan fingerprint density at radius 3 is 0.362 bits per heavy atom. The van der Waals surface area contributed by atoms with Crippen molar-refractivity contribution in [3.63, 3.8) is 0 Å². The van der Waals surface area contributed by atoms with Crippen LogP contribution in [-0.4, -0.2) is 13.1 Å². The first kappa shape index (κ1) is 63.0. The van der Waals surface area contributed by atoms with Crippen molar-refractivity contribution in [2.75, 3.05) is 0 Å². The fourth-order valence-corrected chi connectivity index (χ4v) is 1.12. The van der Waals surface area contributed by atoms with Gasteiger partial charge in [-0.1, -0.05) is 0 Å². The summed E-state index contributed by atoms with van der Waals surface area (Å²) < 4.78 is 50.9. The summed E-state index contributed by atoms with van der Waals surface area (Å²) in [5, 5.41) is 217. The molecule has 67 nitrogen and oxygen atoms in total. The summed E-state index contributed by atoms with van der Waals surface area (Å²) in [6.45, 7) is 0. The van der Waals surface area contributed by atoms with Crippen molar-refractivity contribution in [1.29, 1.82) is 2.56 Å². The van der Waals surface area contributed by atoms with E-state index in [4.69, 9.17) is 13.1 Å². The van der Waals surface area contributed by atoms with Crippen LogP contribution in [0.4, 0.5) is 0 Å². The highest BCUT2D eigenvalue weighted by Crippen LogP contribution is 2.25. The lowest BCUT2D eigenvalue weighted by molar-refractivity contribution is -0.906. The molecule has 0 radical (unpaired) electrons. The van der Waals surface area contributed by atoms with Crippen molar-refractivity contribution in [2.24, 2.45) is 0 Å². The third-order valence-corrected chi connectivity index (χ3v) is 2.66. The fourth-order valence-electron chi connectivity index (χ4n) is 0.777. The lowest BCUT2D eigenvalue weighted by Crippen LogP contribution is -2.06. The summed E-state index contributed by atoms with van der Waals surface area (Å²) in [5.41, 5.74) is 0. The molecule has 0 bridgehead atoms. The monoisotopic (exact) mass is 1140 g/mol. The molecule has 0 amide bonds. The molecule has 0 heterocycles. The standard InChI is InChI=1S/H4O67P2/c1-5-7-9-11-13-15-17-19-21-22-23-24-25-26-27-28-29-30-31-32-33-34-35-36-37-41-45-49-53-57-61-65-69(4)67-63-59-55-51-47-43-39-38-42-46-50-54-58-62-66-68(3)64-60-56-52-48-44-40-20-18-16-14-12-10-8-6-2/h1-2,68-69H/i68T,69T. The predicted molar refractivity (Wildman–Crippen MR) is 91.6 cm³/mol. The van der Waals surface area contributed by atoms with Crippen LogP contribution in [0.1, 0.15) is 0 Å². The van der Waals surface area contributed by atoms with Gasteiger partial charge in [0, 0.05) is 75.6 Å². The van der Waals surface area contributed by atoms with Crippen molar-refractivity contribution in [3.05, 3.63) is 0 Å². The zero-order valence-corrected chi connectivity index (χ0v) is 30.1. The Labute approximate surface area is 356 Å². The quantitative estimate of drug-likeness (QED) is 0.0260. The second-order valence-electron chi connectivity index (χ2n) is 4.77. The number of rotatable bonds is 64. The summed E-state index contributed by atoms with van der Waals surface area (Å²) in [6, 6.07) is 0. The molecule has 2 atom stereocenters. The van der Waals surface area contributed by atoms with Crippen molar-refractivity contribution >= 4 is 16.4 Å². The zero-order chi connectivity index (χ0) is 51.5. The molecule has 0 saturated carbocycles. The van der Waals surface area contributed by atoms with Gasteiger partial charge in [-0.05, 0) is 222 Å². The van der Waals surface area contributed by atoms with E-state index < -0.39 is 16.4 Å². The molecule has 0 aliphatic heterocycles. The van der Waals surface area contributed by atoms with Gasteiger partial charge in [-0.2, -0.15) is 0 Å². The molecule has 0 aromatic carbocycles. The Bertz CT molecular complexity index is 1070. The molecule has 0 saturated heterocycles. The first-order valence-electron chi connectivity index (χ1n) is 12.4. The minimum atomic E-state index is -5.14. The van der Waals surface area contributed by atoms with E-state index in [1.807, 2.05) is 0 Å². The van der Waals surface area contributed by atoms with E-state index in [1.54, 1.807) is 0 Å². The maximum absolute atomic E-state index is 11.3. The largest absolute Gasteiger partial charge is 0.380 e. The topological polar surface area (TPSA) is 656 Å². The average molecular weight is 1140 g/mol. The molecule has 2 unspecified atom stereocenters. The lowest BCUT2D eigenvalue weighted by Gasteiger charge is -2.01. The van der Waals surface area contributed by atoms with E-state index >= 15 is 0 Å². The molecule has 2 N–H and O–H groups in total. The summed E-state index contributed by atoms with van der Waals surface area (Å²) >= 11 is 0. The summed E-state index contributed by atoms with van der Waals surface area (Å²) in [5.74, 6) is 0. The average Bonchev–Trinajstić information content (AvgIpc) is 3.35. The molecule has 0 spiro atoms. The Balaban J connectivity index is 3.31. The van der Waals surface area contributed by atoms with E-state index in [0.29, 0.717) is 0 Å². The van der Waals surface area contributed by atoms with E-state index in [9.17, 15) is 9.13 Å². The maximum Gasteiger partial charge on any atom is 0.380 e. The van der Waals surface area contributed by atoms with Crippen molar-refractivity contribution in [2.45, 2.75) is 0 Å². The van der Waals surface area contributed by atoms with Gasteiger partial charge in [-0.25, -0.2) is 10.5 Å². The second-order valence-corrected chi connectivity index (χ2v) is 6.26. The molecule has 0 aromatic rings. The lowest BCUT2D eigenvalue weighted by atomic mass is 14.0. The molecule has 69 heavy (non-hydrogen) atoms. The fraction of sp³-hybridized carbons (Fsp3) is 0. The SMILES string of the molecule is [3H]P(=O)(OOOOOOOOOOOOOOOO)OOOOOOOOOOOOOOOOP([3H])(=O)OOOOOOOOOOOOOOOOOOOOOOOOOOOOOOOOO. The molecular weight excluding hydrogens is 1130 g/mol. The Morgan fingerprint density at radius 2 is 0.261 bits per heavy atom. The molecule has 0 aliphatic carbocycles. The van der Waals surface area contributed by atoms with Gasteiger partial charge in [0.05, 0.1) is 0 Å². The number of hydrogen-bond donors (Lipinski definition) is 2. The summed E-state index contributed by atoms with van der Waals surface area (Å²) in [6.07, 6.45) is 0. The van der Waals surface area contributed by atoms with Crippen molar-refractivity contribution < 1.29 is 336 Å². The summed E-state index contributed by atoms with van der Waals surface area (Å²) in [4.78, 5) is 0.